The molecule has 106 valence electrons. The van der Waals surface area contributed by atoms with Crippen LogP contribution >= 0.6 is 34.2 Å². The third kappa shape index (κ3) is 5.01. The molecule has 0 aliphatic heterocycles. The van der Waals surface area contributed by atoms with Gasteiger partial charge in [0, 0.05) is 9.13 Å². The van der Waals surface area contributed by atoms with Crippen molar-refractivity contribution in [3.8, 4) is 5.88 Å². The van der Waals surface area contributed by atoms with Gasteiger partial charge >= 0.3 is 12.3 Å². The second-order valence-electron chi connectivity index (χ2n) is 3.31. The standard InChI is InChI=1S/C10H8ClF3INO3/c1-18-8(17)3-6-7(15)2-5(4-11)16-9(6)19-10(12,13)14/h2H,3-4H2,1H3. The number of alkyl halides is 4. The van der Waals surface area contributed by atoms with E-state index < -0.39 is 18.2 Å². The lowest BCUT2D eigenvalue weighted by Gasteiger charge is -2.14. The Morgan fingerprint density at radius 3 is 2.63 bits per heavy atom. The first kappa shape index (κ1) is 16.3. The van der Waals surface area contributed by atoms with Crippen LogP contribution in [0, 0.1) is 3.57 Å². The van der Waals surface area contributed by atoms with Gasteiger partial charge in [-0.3, -0.25) is 4.79 Å². The molecule has 1 heterocycles. The largest absolute Gasteiger partial charge is 0.574 e. The Bertz CT molecular complexity index is 482. The minimum atomic E-state index is -4.90. The van der Waals surface area contributed by atoms with E-state index in [-0.39, 0.29) is 23.6 Å². The van der Waals surface area contributed by atoms with Crippen molar-refractivity contribution in [3.05, 3.63) is 20.9 Å². The molecule has 0 N–H and O–H groups in total. The maximum atomic E-state index is 12.3. The molecular weight excluding hydrogens is 401 g/mol. The zero-order valence-corrected chi connectivity index (χ0v) is 12.5. The van der Waals surface area contributed by atoms with Crippen LogP contribution in [0.5, 0.6) is 5.88 Å². The van der Waals surface area contributed by atoms with Gasteiger partial charge in [0.25, 0.3) is 0 Å². The second-order valence-corrected chi connectivity index (χ2v) is 4.74. The lowest BCUT2D eigenvalue weighted by molar-refractivity contribution is -0.276. The summed E-state index contributed by atoms with van der Waals surface area (Å²) in [6, 6.07) is 1.48. The Balaban J connectivity index is 3.21. The average molecular weight is 410 g/mol. The van der Waals surface area contributed by atoms with Crippen LogP contribution in [-0.2, 0) is 21.8 Å². The summed E-state index contributed by atoms with van der Waals surface area (Å²) < 4.78 is 45.5. The summed E-state index contributed by atoms with van der Waals surface area (Å²) in [6.07, 6.45) is -5.26. The molecule has 0 bridgehead atoms. The van der Waals surface area contributed by atoms with Crippen LogP contribution in [0.4, 0.5) is 13.2 Å². The maximum Gasteiger partial charge on any atom is 0.574 e. The molecule has 0 aliphatic rings. The number of carbonyl (C=O) groups is 1. The summed E-state index contributed by atoms with van der Waals surface area (Å²) in [5, 5.41) is 0. The van der Waals surface area contributed by atoms with Crippen molar-refractivity contribution in [2.45, 2.75) is 18.7 Å². The number of esters is 1. The zero-order valence-electron chi connectivity index (χ0n) is 9.55. The van der Waals surface area contributed by atoms with Gasteiger partial charge in [0.05, 0.1) is 25.1 Å². The van der Waals surface area contributed by atoms with Crippen molar-refractivity contribution in [3.63, 3.8) is 0 Å². The molecule has 0 aromatic carbocycles. The number of hydrogen-bond donors (Lipinski definition) is 0. The average Bonchev–Trinajstić information content (AvgIpc) is 2.30. The Hall–Kier alpha value is -0.770. The molecule has 0 saturated heterocycles. The number of halogens is 5. The number of hydrogen-bond acceptors (Lipinski definition) is 4. The molecule has 0 radical (unpaired) electrons. The highest BCUT2D eigenvalue weighted by atomic mass is 127. The molecule has 4 nitrogen and oxygen atoms in total. The third-order valence-corrected chi connectivity index (χ3v) is 3.22. The normalized spacial score (nSPS) is 11.3. The Kier molecular flexibility index (Phi) is 5.65. The fraction of sp³-hybridized carbons (Fsp3) is 0.400. The summed E-state index contributed by atoms with van der Waals surface area (Å²) in [4.78, 5) is 14.8. The molecule has 1 rings (SSSR count). The van der Waals surface area contributed by atoms with Gasteiger partial charge in [-0.25, -0.2) is 4.98 Å². The Labute approximate surface area is 125 Å². The minimum absolute atomic E-state index is 0.0126. The van der Waals surface area contributed by atoms with Crippen LogP contribution in [-0.4, -0.2) is 24.4 Å². The number of ether oxygens (including phenoxy) is 2. The van der Waals surface area contributed by atoms with Crippen LogP contribution in [0.2, 0.25) is 0 Å². The van der Waals surface area contributed by atoms with Crippen molar-refractivity contribution in [2.75, 3.05) is 7.11 Å². The molecule has 1 aromatic rings. The SMILES string of the molecule is COC(=O)Cc1c(I)cc(CCl)nc1OC(F)(F)F. The molecule has 19 heavy (non-hydrogen) atoms. The van der Waals surface area contributed by atoms with Gasteiger partial charge in [-0.05, 0) is 28.7 Å². The quantitative estimate of drug-likeness (QED) is 0.436. The molecule has 0 unspecified atom stereocenters. The lowest BCUT2D eigenvalue weighted by Crippen LogP contribution is -2.21. The maximum absolute atomic E-state index is 12.3. The number of aromatic nitrogens is 1. The highest BCUT2D eigenvalue weighted by molar-refractivity contribution is 14.1. The molecule has 0 amide bonds. The summed E-state index contributed by atoms with van der Waals surface area (Å²) >= 11 is 7.32. The van der Waals surface area contributed by atoms with E-state index in [1.165, 1.54) is 6.07 Å². The van der Waals surface area contributed by atoms with Gasteiger partial charge in [0.2, 0.25) is 5.88 Å². The van der Waals surface area contributed by atoms with Gasteiger partial charge in [-0.2, -0.15) is 0 Å². The summed E-state index contributed by atoms with van der Waals surface area (Å²) in [6.45, 7) is 0. The second kappa shape index (κ2) is 6.60. The van der Waals surface area contributed by atoms with E-state index in [9.17, 15) is 18.0 Å². The van der Waals surface area contributed by atoms with Crippen molar-refractivity contribution < 1.29 is 27.4 Å². The summed E-state index contributed by atoms with van der Waals surface area (Å²) in [5.41, 5.74) is 0.234. The van der Waals surface area contributed by atoms with E-state index >= 15 is 0 Å². The highest BCUT2D eigenvalue weighted by Gasteiger charge is 2.34. The summed E-state index contributed by atoms with van der Waals surface area (Å²) in [7, 11) is 1.14. The predicted molar refractivity (Wildman–Crippen MR) is 68.9 cm³/mol. The highest BCUT2D eigenvalue weighted by Crippen LogP contribution is 2.29. The smallest absolute Gasteiger partial charge is 0.469 e. The van der Waals surface area contributed by atoms with Crippen molar-refractivity contribution >= 4 is 40.2 Å². The van der Waals surface area contributed by atoms with Gasteiger partial charge < -0.3 is 9.47 Å². The zero-order chi connectivity index (χ0) is 14.6. The van der Waals surface area contributed by atoms with Gasteiger partial charge in [0.15, 0.2) is 0 Å². The monoisotopic (exact) mass is 409 g/mol. The first-order valence-corrected chi connectivity index (χ1v) is 6.45. The van der Waals surface area contributed by atoms with Crippen molar-refractivity contribution in [1.29, 1.82) is 0 Å². The molecule has 0 aliphatic carbocycles. The first-order valence-electron chi connectivity index (χ1n) is 4.83. The van der Waals surface area contributed by atoms with Crippen LogP contribution in [0.15, 0.2) is 6.07 Å². The topological polar surface area (TPSA) is 48.4 Å². The fourth-order valence-electron chi connectivity index (χ4n) is 1.20. The first-order chi connectivity index (χ1) is 8.76. The lowest BCUT2D eigenvalue weighted by atomic mass is 10.2. The van der Waals surface area contributed by atoms with E-state index in [0.29, 0.717) is 3.57 Å². The van der Waals surface area contributed by atoms with Crippen LogP contribution in [0.25, 0.3) is 0 Å². The number of nitrogens with zero attached hydrogens (tertiary/aromatic N) is 1. The Morgan fingerprint density at radius 2 is 2.16 bits per heavy atom. The molecule has 1 aromatic heterocycles. The Morgan fingerprint density at radius 1 is 1.53 bits per heavy atom. The number of rotatable bonds is 4. The minimum Gasteiger partial charge on any atom is -0.469 e. The van der Waals surface area contributed by atoms with Gasteiger partial charge in [-0.15, -0.1) is 24.8 Å². The number of pyridine rings is 1. The molecule has 0 spiro atoms. The summed E-state index contributed by atoms with van der Waals surface area (Å²) in [5.74, 6) is -1.44. The number of methoxy groups -OCH3 is 1. The van der Waals surface area contributed by atoms with E-state index in [1.807, 2.05) is 0 Å². The number of carbonyl (C=O) groups excluding carboxylic acids is 1. The fourth-order valence-corrected chi connectivity index (χ4v) is 2.12. The van der Waals surface area contributed by atoms with Gasteiger partial charge in [0.1, 0.15) is 0 Å². The predicted octanol–water partition coefficient (Wildman–Crippen LogP) is 3.04. The third-order valence-electron chi connectivity index (χ3n) is 1.98. The van der Waals surface area contributed by atoms with Gasteiger partial charge in [-0.1, -0.05) is 0 Å². The molecule has 0 atom stereocenters. The van der Waals surface area contributed by atoms with E-state index in [4.69, 9.17) is 11.6 Å². The van der Waals surface area contributed by atoms with Crippen LogP contribution < -0.4 is 4.74 Å². The molecule has 0 saturated carbocycles. The van der Waals surface area contributed by atoms with E-state index in [1.54, 1.807) is 22.6 Å². The van der Waals surface area contributed by atoms with E-state index in [0.717, 1.165) is 7.11 Å². The molecular formula is C10H8ClF3INO3. The van der Waals surface area contributed by atoms with E-state index in [2.05, 4.69) is 14.5 Å². The van der Waals surface area contributed by atoms with Crippen molar-refractivity contribution in [1.82, 2.24) is 4.98 Å². The molecule has 0 fully saturated rings. The molecule has 9 heteroatoms. The van der Waals surface area contributed by atoms with Crippen LogP contribution in [0.3, 0.4) is 0 Å². The van der Waals surface area contributed by atoms with Crippen LogP contribution in [0.1, 0.15) is 11.3 Å². The van der Waals surface area contributed by atoms with Crippen molar-refractivity contribution in [2.24, 2.45) is 0 Å².